The van der Waals surface area contributed by atoms with E-state index in [1.54, 1.807) is 31.2 Å². The Morgan fingerprint density at radius 1 is 0.943 bits per heavy atom. The normalized spacial score (nSPS) is 15.3. The molecule has 3 aromatic carbocycles. The molecule has 0 aromatic heterocycles. The molecule has 1 amide bonds. The van der Waals surface area contributed by atoms with Crippen molar-refractivity contribution in [3.63, 3.8) is 0 Å². The fraction of sp³-hybridized carbons (Fsp3) is 0.214. The molecule has 0 radical (unpaired) electrons. The van der Waals surface area contributed by atoms with Gasteiger partial charge >= 0.3 is 5.97 Å². The minimum atomic E-state index is -1.76. The number of Topliss-reactive ketones (excluding diaryl/α,β-unsaturated/α-hetero) is 2. The van der Waals surface area contributed by atoms with Gasteiger partial charge in [0.15, 0.2) is 5.78 Å². The maximum Gasteiger partial charge on any atom is 0.339 e. The second kappa shape index (κ2) is 9.62. The molecule has 0 unspecified atom stereocenters. The summed E-state index contributed by atoms with van der Waals surface area (Å²) < 4.78 is 19.9. The van der Waals surface area contributed by atoms with Crippen LogP contribution in [0.25, 0.3) is 0 Å². The van der Waals surface area contributed by atoms with Gasteiger partial charge < -0.3 is 10.1 Å². The molecule has 6 nitrogen and oxygen atoms in total. The Hall–Kier alpha value is -4.13. The Morgan fingerprint density at radius 2 is 1.63 bits per heavy atom. The summed E-state index contributed by atoms with van der Waals surface area (Å²) in [5.41, 5.74) is 2.16. The number of para-hydroxylation sites is 1. The number of halogens is 1. The number of ether oxygens (including phenoxy) is 1. The number of hydrogen-bond donors (Lipinski definition) is 1. The Bertz CT molecular complexity index is 1350. The summed E-state index contributed by atoms with van der Waals surface area (Å²) in [4.78, 5) is 52.6. The number of nitrogens with one attached hydrogen (secondary N) is 1. The van der Waals surface area contributed by atoms with Crippen LogP contribution in [0, 0.1) is 18.7 Å². The second-order valence-electron chi connectivity index (χ2n) is 8.75. The largest absolute Gasteiger partial charge is 0.453 e. The van der Waals surface area contributed by atoms with Gasteiger partial charge in [-0.3, -0.25) is 14.4 Å². The zero-order valence-electron chi connectivity index (χ0n) is 19.5. The van der Waals surface area contributed by atoms with Crippen molar-refractivity contribution in [2.24, 2.45) is 5.92 Å². The van der Waals surface area contributed by atoms with E-state index >= 15 is 0 Å². The number of fused-ring (bicyclic) bond motifs is 1. The molecule has 3 aromatic rings. The Balaban J connectivity index is 1.76. The number of ketones is 2. The van der Waals surface area contributed by atoms with E-state index in [2.05, 4.69) is 5.32 Å². The number of carbonyl (C=O) groups is 4. The molecule has 0 spiro atoms. The summed E-state index contributed by atoms with van der Waals surface area (Å²) in [6.07, 6.45) is -1.36. The van der Waals surface area contributed by atoms with Gasteiger partial charge in [0.05, 0.1) is 11.1 Å². The van der Waals surface area contributed by atoms with Crippen LogP contribution in [0.1, 0.15) is 63.3 Å². The van der Waals surface area contributed by atoms with Crippen LogP contribution in [0.15, 0.2) is 66.7 Å². The third kappa shape index (κ3) is 4.49. The summed E-state index contributed by atoms with van der Waals surface area (Å²) in [5, 5.41) is 2.65. The van der Waals surface area contributed by atoms with Crippen molar-refractivity contribution in [1.82, 2.24) is 0 Å². The van der Waals surface area contributed by atoms with E-state index in [-0.39, 0.29) is 17.0 Å². The predicted octanol–water partition coefficient (Wildman–Crippen LogP) is 5.18. The highest BCUT2D eigenvalue weighted by atomic mass is 19.1. The fourth-order valence-corrected chi connectivity index (χ4v) is 4.30. The number of rotatable bonds is 7. The van der Waals surface area contributed by atoms with Gasteiger partial charge in [-0.05, 0) is 42.2 Å². The summed E-state index contributed by atoms with van der Waals surface area (Å²) in [6, 6.07) is 17.0. The SMILES string of the molecule is Cc1cccc(C(C)C)c1NC(=O)C(=O)[C@@H](C(=O)c1ccccc1F)[C@H]1OC(=O)c2ccccc21. The topological polar surface area (TPSA) is 89.5 Å². The number of amides is 1. The molecular formula is C28H24FNO5. The van der Waals surface area contributed by atoms with Crippen LogP contribution in [0.2, 0.25) is 0 Å². The summed E-state index contributed by atoms with van der Waals surface area (Å²) in [6.45, 7) is 5.69. The van der Waals surface area contributed by atoms with Gasteiger partial charge in [0.1, 0.15) is 17.8 Å². The lowest BCUT2D eigenvalue weighted by atomic mass is 9.84. The van der Waals surface area contributed by atoms with E-state index < -0.39 is 41.3 Å². The lowest BCUT2D eigenvalue weighted by molar-refractivity contribution is -0.138. The van der Waals surface area contributed by atoms with E-state index in [1.165, 1.54) is 24.3 Å². The van der Waals surface area contributed by atoms with Crippen LogP contribution in [-0.4, -0.2) is 23.4 Å². The van der Waals surface area contributed by atoms with Crippen LogP contribution in [0.5, 0.6) is 0 Å². The van der Waals surface area contributed by atoms with E-state index in [4.69, 9.17) is 4.74 Å². The van der Waals surface area contributed by atoms with E-state index in [9.17, 15) is 23.6 Å². The fourth-order valence-electron chi connectivity index (χ4n) is 4.30. The van der Waals surface area contributed by atoms with Crippen molar-refractivity contribution >= 4 is 29.1 Å². The molecule has 0 bridgehead atoms. The Morgan fingerprint density at radius 3 is 2.34 bits per heavy atom. The number of benzene rings is 3. The van der Waals surface area contributed by atoms with E-state index in [0.717, 1.165) is 17.2 Å². The predicted molar refractivity (Wildman–Crippen MR) is 128 cm³/mol. The quantitative estimate of drug-likeness (QED) is 0.221. The van der Waals surface area contributed by atoms with E-state index in [0.29, 0.717) is 11.3 Å². The van der Waals surface area contributed by atoms with Crippen LogP contribution in [0.4, 0.5) is 10.1 Å². The zero-order valence-corrected chi connectivity index (χ0v) is 19.5. The van der Waals surface area contributed by atoms with Gasteiger partial charge in [-0.25, -0.2) is 9.18 Å². The number of hydrogen-bond acceptors (Lipinski definition) is 5. The smallest absolute Gasteiger partial charge is 0.339 e. The highest BCUT2D eigenvalue weighted by Crippen LogP contribution is 2.38. The summed E-state index contributed by atoms with van der Waals surface area (Å²) in [5.74, 6) is -6.36. The van der Waals surface area contributed by atoms with Crippen LogP contribution in [-0.2, 0) is 14.3 Å². The lowest BCUT2D eigenvalue weighted by Gasteiger charge is -2.22. The van der Waals surface area contributed by atoms with Crippen molar-refractivity contribution in [2.75, 3.05) is 5.32 Å². The van der Waals surface area contributed by atoms with Gasteiger partial charge in [-0.2, -0.15) is 0 Å². The van der Waals surface area contributed by atoms with Crippen LogP contribution < -0.4 is 5.32 Å². The van der Waals surface area contributed by atoms with Crippen molar-refractivity contribution in [2.45, 2.75) is 32.8 Å². The molecule has 178 valence electrons. The van der Waals surface area contributed by atoms with Gasteiger partial charge in [0.2, 0.25) is 5.78 Å². The molecule has 0 fully saturated rings. The Kier molecular flexibility index (Phi) is 6.60. The lowest BCUT2D eigenvalue weighted by Crippen LogP contribution is -2.38. The molecule has 4 rings (SSSR count). The standard InChI is InChI=1S/C28H24FNO5/c1-15(2)17-13-8-9-16(3)23(17)30-27(33)25(32)22(24(31)20-12-6-7-14-21(20)29)26-18-10-4-5-11-19(18)28(34)35-26/h4-15,22,26H,1-3H3,(H,30,33)/t22-,26+/m1/s1. The van der Waals surface area contributed by atoms with Crippen molar-refractivity contribution in [3.8, 4) is 0 Å². The van der Waals surface area contributed by atoms with Crippen LogP contribution in [0.3, 0.4) is 0 Å². The molecule has 0 saturated carbocycles. The Labute approximate surface area is 202 Å². The molecule has 7 heteroatoms. The first kappa shape index (κ1) is 24.0. The molecule has 0 aliphatic carbocycles. The summed E-state index contributed by atoms with van der Waals surface area (Å²) >= 11 is 0. The van der Waals surface area contributed by atoms with Crippen molar-refractivity contribution < 1.29 is 28.3 Å². The van der Waals surface area contributed by atoms with Crippen LogP contribution >= 0.6 is 0 Å². The van der Waals surface area contributed by atoms with E-state index in [1.807, 2.05) is 26.0 Å². The number of anilines is 1. The summed E-state index contributed by atoms with van der Waals surface area (Å²) in [7, 11) is 0. The first-order valence-electron chi connectivity index (χ1n) is 11.2. The molecule has 0 saturated heterocycles. The molecule has 1 N–H and O–H groups in total. The number of aryl methyl sites for hydroxylation is 1. The average Bonchev–Trinajstić information content (AvgIpc) is 3.16. The van der Waals surface area contributed by atoms with Crippen molar-refractivity contribution in [3.05, 3.63) is 100 Å². The second-order valence-corrected chi connectivity index (χ2v) is 8.75. The molecule has 2 atom stereocenters. The minimum absolute atomic E-state index is 0.0545. The molecule has 1 aliphatic rings. The molecule has 35 heavy (non-hydrogen) atoms. The van der Waals surface area contributed by atoms with Gasteiger partial charge in [0.25, 0.3) is 5.91 Å². The third-order valence-electron chi connectivity index (χ3n) is 6.12. The number of cyclic esters (lactones) is 1. The zero-order chi connectivity index (χ0) is 25.3. The third-order valence-corrected chi connectivity index (χ3v) is 6.12. The van der Waals surface area contributed by atoms with Gasteiger partial charge in [-0.15, -0.1) is 0 Å². The minimum Gasteiger partial charge on any atom is -0.453 e. The number of esters is 1. The monoisotopic (exact) mass is 473 g/mol. The first-order valence-corrected chi connectivity index (χ1v) is 11.2. The highest BCUT2D eigenvalue weighted by molar-refractivity contribution is 6.45. The van der Waals surface area contributed by atoms with Crippen molar-refractivity contribution in [1.29, 1.82) is 0 Å². The highest BCUT2D eigenvalue weighted by Gasteiger charge is 2.46. The van der Waals surface area contributed by atoms with Gasteiger partial charge in [-0.1, -0.05) is 62.4 Å². The molecular weight excluding hydrogens is 449 g/mol. The first-order chi connectivity index (χ1) is 16.7. The van der Waals surface area contributed by atoms with Gasteiger partial charge in [0, 0.05) is 11.3 Å². The molecule has 1 heterocycles. The molecule has 1 aliphatic heterocycles. The number of carbonyl (C=O) groups excluding carboxylic acids is 4. The maximum absolute atomic E-state index is 14.5. The maximum atomic E-state index is 14.5. The average molecular weight is 474 g/mol.